The van der Waals surface area contributed by atoms with Gasteiger partial charge < -0.3 is 11.5 Å². The molecule has 64 valence electrons. The summed E-state index contributed by atoms with van der Waals surface area (Å²) < 4.78 is 0. The number of halogens is 1. The van der Waals surface area contributed by atoms with Gasteiger partial charge in [-0.15, -0.1) is 0 Å². The molecule has 1 aliphatic carbocycles. The number of pyridine rings is 1. The first-order valence-electron chi connectivity index (χ1n) is 3.90. The van der Waals surface area contributed by atoms with Crippen LogP contribution in [0.15, 0.2) is 6.07 Å². The van der Waals surface area contributed by atoms with Gasteiger partial charge in [0.2, 0.25) is 0 Å². The van der Waals surface area contributed by atoms with E-state index in [2.05, 4.69) is 4.98 Å². The molecule has 4 heteroatoms. The van der Waals surface area contributed by atoms with Gasteiger partial charge in [0.25, 0.3) is 0 Å². The maximum absolute atomic E-state index is 5.75. The Hall–Kier alpha value is -0.960. The topological polar surface area (TPSA) is 64.9 Å². The van der Waals surface area contributed by atoms with Gasteiger partial charge in [-0.25, -0.2) is 4.98 Å². The summed E-state index contributed by atoms with van der Waals surface area (Å²) in [6.45, 7) is 0. The van der Waals surface area contributed by atoms with Gasteiger partial charge in [0, 0.05) is 12.0 Å². The monoisotopic (exact) mass is 183 g/mol. The zero-order valence-corrected chi connectivity index (χ0v) is 7.30. The van der Waals surface area contributed by atoms with Gasteiger partial charge in [-0.05, 0) is 12.8 Å². The summed E-state index contributed by atoms with van der Waals surface area (Å²) >= 11 is 5.75. The van der Waals surface area contributed by atoms with Crippen LogP contribution >= 0.6 is 11.6 Å². The van der Waals surface area contributed by atoms with Crippen molar-refractivity contribution in [2.24, 2.45) is 0 Å². The summed E-state index contributed by atoms with van der Waals surface area (Å²) in [7, 11) is 0. The Morgan fingerprint density at radius 1 is 1.42 bits per heavy atom. The highest BCUT2D eigenvalue weighted by Crippen LogP contribution is 2.43. The third kappa shape index (κ3) is 1.20. The van der Waals surface area contributed by atoms with Gasteiger partial charge in [0.1, 0.15) is 5.15 Å². The van der Waals surface area contributed by atoms with E-state index in [0.29, 0.717) is 22.4 Å². The fourth-order valence-corrected chi connectivity index (χ4v) is 1.44. The number of anilines is 2. The highest BCUT2D eigenvalue weighted by molar-refractivity contribution is 6.29. The summed E-state index contributed by atoms with van der Waals surface area (Å²) in [6, 6.07) is 1.59. The minimum absolute atomic E-state index is 0.434. The summed E-state index contributed by atoms with van der Waals surface area (Å²) in [5, 5.41) is 0.434. The molecule has 3 nitrogen and oxygen atoms in total. The van der Waals surface area contributed by atoms with Crippen molar-refractivity contribution in [1.82, 2.24) is 4.98 Å². The highest BCUT2D eigenvalue weighted by atomic mass is 35.5. The number of nitrogen functional groups attached to an aromatic ring is 2. The van der Waals surface area contributed by atoms with E-state index in [-0.39, 0.29) is 0 Å². The van der Waals surface area contributed by atoms with Crippen LogP contribution < -0.4 is 11.5 Å². The van der Waals surface area contributed by atoms with Crippen molar-refractivity contribution >= 4 is 23.0 Å². The van der Waals surface area contributed by atoms with Gasteiger partial charge in [0.05, 0.1) is 17.1 Å². The second-order valence-corrected chi connectivity index (χ2v) is 3.49. The molecule has 0 bridgehead atoms. The summed E-state index contributed by atoms with van der Waals surface area (Å²) in [4.78, 5) is 4.16. The lowest BCUT2D eigenvalue weighted by Gasteiger charge is -2.06. The van der Waals surface area contributed by atoms with E-state index in [9.17, 15) is 0 Å². The maximum atomic E-state index is 5.75. The fourth-order valence-electron chi connectivity index (χ4n) is 1.23. The van der Waals surface area contributed by atoms with E-state index in [1.807, 2.05) is 0 Å². The molecule has 4 N–H and O–H groups in total. The van der Waals surface area contributed by atoms with Crippen LogP contribution in [0.25, 0.3) is 0 Å². The largest absolute Gasteiger partial charge is 0.397 e. The molecule has 1 heterocycles. The van der Waals surface area contributed by atoms with Gasteiger partial charge >= 0.3 is 0 Å². The normalized spacial score (nSPS) is 16.4. The second-order valence-electron chi connectivity index (χ2n) is 3.11. The lowest BCUT2D eigenvalue weighted by Crippen LogP contribution is -2.01. The first kappa shape index (κ1) is 7.68. The van der Waals surface area contributed by atoms with Crippen LogP contribution in [-0.2, 0) is 0 Å². The van der Waals surface area contributed by atoms with Crippen molar-refractivity contribution in [3.63, 3.8) is 0 Å². The standard InChI is InChI=1S/C8H10ClN3/c9-6-3-5(10)7(11)8(12-6)4-1-2-4/h3-4H,1-2,11H2,(H2,10,12). The average molecular weight is 184 g/mol. The number of nitrogens with zero attached hydrogens (tertiary/aromatic N) is 1. The molecule has 12 heavy (non-hydrogen) atoms. The highest BCUT2D eigenvalue weighted by Gasteiger charge is 2.28. The molecule has 2 rings (SSSR count). The zero-order chi connectivity index (χ0) is 8.72. The van der Waals surface area contributed by atoms with Crippen molar-refractivity contribution in [3.05, 3.63) is 16.9 Å². The predicted octanol–water partition coefficient (Wildman–Crippen LogP) is 1.78. The average Bonchev–Trinajstić information content (AvgIpc) is 2.79. The first-order valence-corrected chi connectivity index (χ1v) is 4.27. The summed E-state index contributed by atoms with van der Waals surface area (Å²) in [6.07, 6.45) is 2.30. The van der Waals surface area contributed by atoms with Crippen LogP contribution in [0.5, 0.6) is 0 Å². The predicted molar refractivity (Wildman–Crippen MR) is 50.0 cm³/mol. The molecule has 0 radical (unpaired) electrons. The molecular formula is C8H10ClN3. The number of aromatic nitrogens is 1. The lowest BCUT2D eigenvalue weighted by atomic mass is 10.2. The summed E-state index contributed by atoms with van der Waals surface area (Å²) in [5.41, 5.74) is 13.4. The van der Waals surface area contributed by atoms with E-state index >= 15 is 0 Å². The molecular weight excluding hydrogens is 174 g/mol. The summed E-state index contributed by atoms with van der Waals surface area (Å²) in [5.74, 6) is 0.492. The number of nitrogens with two attached hydrogens (primary N) is 2. The first-order chi connectivity index (χ1) is 5.68. The van der Waals surface area contributed by atoms with E-state index in [4.69, 9.17) is 23.1 Å². The van der Waals surface area contributed by atoms with E-state index in [1.54, 1.807) is 6.07 Å². The van der Waals surface area contributed by atoms with Crippen LogP contribution in [0.2, 0.25) is 5.15 Å². The zero-order valence-electron chi connectivity index (χ0n) is 6.55. The fraction of sp³-hybridized carbons (Fsp3) is 0.375. The Kier molecular flexibility index (Phi) is 1.61. The van der Waals surface area contributed by atoms with Gasteiger partial charge in [0.15, 0.2) is 0 Å². The van der Waals surface area contributed by atoms with Crippen LogP contribution in [0.4, 0.5) is 11.4 Å². The molecule has 1 saturated carbocycles. The van der Waals surface area contributed by atoms with Gasteiger partial charge in [-0.3, -0.25) is 0 Å². The minimum atomic E-state index is 0.434. The van der Waals surface area contributed by atoms with Crippen molar-refractivity contribution < 1.29 is 0 Å². The molecule has 1 fully saturated rings. The van der Waals surface area contributed by atoms with E-state index in [1.165, 1.54) is 0 Å². The molecule has 0 aliphatic heterocycles. The minimum Gasteiger partial charge on any atom is -0.397 e. The van der Waals surface area contributed by atoms with Crippen LogP contribution in [0.1, 0.15) is 24.5 Å². The van der Waals surface area contributed by atoms with Gasteiger partial charge in [-0.1, -0.05) is 11.6 Å². The Bertz CT molecular complexity index is 320. The Balaban J connectivity index is 2.51. The Morgan fingerprint density at radius 3 is 2.67 bits per heavy atom. The van der Waals surface area contributed by atoms with Crippen LogP contribution in [-0.4, -0.2) is 4.98 Å². The molecule has 0 atom stereocenters. The lowest BCUT2D eigenvalue weighted by molar-refractivity contribution is 1.03. The van der Waals surface area contributed by atoms with Crippen LogP contribution in [0.3, 0.4) is 0 Å². The third-order valence-electron chi connectivity index (χ3n) is 2.05. The van der Waals surface area contributed by atoms with Gasteiger partial charge in [-0.2, -0.15) is 0 Å². The number of hydrogen-bond acceptors (Lipinski definition) is 3. The van der Waals surface area contributed by atoms with Crippen molar-refractivity contribution in [1.29, 1.82) is 0 Å². The second kappa shape index (κ2) is 2.52. The molecule has 0 spiro atoms. The van der Waals surface area contributed by atoms with Crippen molar-refractivity contribution in [3.8, 4) is 0 Å². The number of hydrogen-bond donors (Lipinski definition) is 2. The van der Waals surface area contributed by atoms with E-state index < -0.39 is 0 Å². The van der Waals surface area contributed by atoms with Crippen molar-refractivity contribution in [2.45, 2.75) is 18.8 Å². The molecule has 0 unspecified atom stereocenters. The SMILES string of the molecule is Nc1cc(Cl)nc(C2CC2)c1N. The molecule has 0 amide bonds. The van der Waals surface area contributed by atoms with Crippen molar-refractivity contribution in [2.75, 3.05) is 11.5 Å². The molecule has 1 aromatic rings. The Labute approximate surface area is 75.7 Å². The smallest absolute Gasteiger partial charge is 0.131 e. The molecule has 0 saturated heterocycles. The molecule has 1 aromatic heterocycles. The Morgan fingerprint density at radius 2 is 2.08 bits per heavy atom. The van der Waals surface area contributed by atoms with Crippen LogP contribution in [0, 0.1) is 0 Å². The van der Waals surface area contributed by atoms with E-state index in [0.717, 1.165) is 18.5 Å². The maximum Gasteiger partial charge on any atom is 0.131 e. The molecule has 0 aromatic carbocycles. The number of rotatable bonds is 1. The third-order valence-corrected chi connectivity index (χ3v) is 2.25. The molecule has 1 aliphatic rings. The quantitative estimate of drug-likeness (QED) is 0.653.